The van der Waals surface area contributed by atoms with Crippen molar-refractivity contribution in [2.24, 2.45) is 0 Å². The van der Waals surface area contributed by atoms with Gasteiger partial charge in [-0.3, -0.25) is 4.79 Å². The number of rotatable bonds is 4. The van der Waals surface area contributed by atoms with E-state index in [0.717, 1.165) is 23.3 Å². The first-order chi connectivity index (χ1) is 12.2. The average Bonchev–Trinajstić information content (AvgIpc) is 3.23. The molecule has 0 bridgehead atoms. The Morgan fingerprint density at radius 1 is 1.28 bits per heavy atom. The first-order valence-corrected chi connectivity index (χ1v) is 8.29. The van der Waals surface area contributed by atoms with Crippen molar-refractivity contribution in [3.8, 4) is 17.1 Å². The third-order valence-electron chi connectivity index (χ3n) is 4.08. The number of anilines is 1. The number of halogens is 1. The summed E-state index contributed by atoms with van der Waals surface area (Å²) >= 11 is 6.27. The Hall–Kier alpha value is -2.79. The molecule has 2 aromatic carbocycles. The highest BCUT2D eigenvalue weighted by molar-refractivity contribution is 6.33. The monoisotopic (exact) mass is 354 g/mol. The fourth-order valence-electron chi connectivity index (χ4n) is 2.93. The smallest absolute Gasteiger partial charge is 0.228 e. The van der Waals surface area contributed by atoms with Gasteiger partial charge in [0.05, 0.1) is 17.6 Å². The summed E-state index contributed by atoms with van der Waals surface area (Å²) in [6.07, 6.45) is 3.84. The molecule has 1 atom stereocenters. The van der Waals surface area contributed by atoms with Crippen LogP contribution in [-0.2, 0) is 11.2 Å². The summed E-state index contributed by atoms with van der Waals surface area (Å²) in [5.41, 5.74) is 2.50. The number of fused-ring (bicyclic) bond motifs is 1. The second kappa shape index (κ2) is 6.61. The van der Waals surface area contributed by atoms with Crippen LogP contribution in [0.3, 0.4) is 0 Å². The Balaban J connectivity index is 1.39. The zero-order chi connectivity index (χ0) is 17.2. The number of hydrogen-bond donors (Lipinski definition) is 1. The fourth-order valence-corrected chi connectivity index (χ4v) is 3.20. The Morgan fingerprint density at radius 3 is 2.92 bits per heavy atom. The molecule has 1 aliphatic heterocycles. The largest absolute Gasteiger partial charge is 0.489 e. The summed E-state index contributed by atoms with van der Waals surface area (Å²) in [6.45, 7) is 0. The van der Waals surface area contributed by atoms with Crippen LogP contribution in [-0.4, -0.2) is 17.0 Å². The number of carbonyl (C=O) groups excluding carboxylic acids is 1. The molecule has 1 aliphatic rings. The standard InChI is InChI=1S/C19H15ClN2O3/c20-16-8-13(5-6-15(16)18-10-21-11-24-18)22-19(23)9-14-7-12-3-1-2-4-17(12)25-14/h1-6,8,10-11,14H,7,9H2,(H,22,23). The van der Waals surface area contributed by atoms with Gasteiger partial charge in [-0.1, -0.05) is 29.8 Å². The zero-order valence-corrected chi connectivity index (χ0v) is 14.0. The minimum absolute atomic E-state index is 0.110. The topological polar surface area (TPSA) is 64.4 Å². The second-order valence-electron chi connectivity index (χ2n) is 5.86. The molecule has 0 saturated heterocycles. The van der Waals surface area contributed by atoms with E-state index in [4.69, 9.17) is 20.8 Å². The summed E-state index contributed by atoms with van der Waals surface area (Å²) < 4.78 is 11.0. The van der Waals surface area contributed by atoms with Gasteiger partial charge in [0.1, 0.15) is 11.9 Å². The van der Waals surface area contributed by atoms with E-state index in [1.165, 1.54) is 6.39 Å². The Bertz CT molecular complexity index is 884. The number of amides is 1. The first kappa shape index (κ1) is 15.7. The zero-order valence-electron chi connectivity index (χ0n) is 13.2. The number of para-hydroxylation sites is 1. The highest BCUT2D eigenvalue weighted by Crippen LogP contribution is 2.31. The van der Waals surface area contributed by atoms with Crippen LogP contribution in [0.1, 0.15) is 12.0 Å². The lowest BCUT2D eigenvalue weighted by molar-refractivity contribution is -0.117. The molecule has 0 spiro atoms. The maximum atomic E-state index is 12.3. The van der Waals surface area contributed by atoms with E-state index >= 15 is 0 Å². The predicted molar refractivity (Wildman–Crippen MR) is 94.8 cm³/mol. The number of carbonyl (C=O) groups is 1. The summed E-state index contributed by atoms with van der Waals surface area (Å²) in [4.78, 5) is 16.2. The number of ether oxygens (including phenoxy) is 1. The minimum Gasteiger partial charge on any atom is -0.489 e. The lowest BCUT2D eigenvalue weighted by atomic mass is 10.1. The second-order valence-corrected chi connectivity index (χ2v) is 6.27. The first-order valence-electron chi connectivity index (χ1n) is 7.92. The van der Waals surface area contributed by atoms with Crippen LogP contribution in [0.5, 0.6) is 5.75 Å². The van der Waals surface area contributed by atoms with Crippen LogP contribution < -0.4 is 10.1 Å². The van der Waals surface area contributed by atoms with Crippen LogP contribution in [0.2, 0.25) is 5.02 Å². The number of oxazole rings is 1. The van der Waals surface area contributed by atoms with Gasteiger partial charge in [-0.2, -0.15) is 0 Å². The van der Waals surface area contributed by atoms with E-state index in [9.17, 15) is 4.79 Å². The summed E-state index contributed by atoms with van der Waals surface area (Å²) in [6, 6.07) is 13.1. The van der Waals surface area contributed by atoms with Crippen LogP contribution >= 0.6 is 11.6 Å². The third kappa shape index (κ3) is 3.37. The van der Waals surface area contributed by atoms with Crippen LogP contribution in [0.25, 0.3) is 11.3 Å². The lowest BCUT2D eigenvalue weighted by Crippen LogP contribution is -2.23. The number of aromatic nitrogens is 1. The molecule has 5 nitrogen and oxygen atoms in total. The van der Waals surface area contributed by atoms with Gasteiger partial charge in [-0.25, -0.2) is 4.98 Å². The Kier molecular flexibility index (Phi) is 4.15. The van der Waals surface area contributed by atoms with E-state index in [1.54, 1.807) is 24.4 Å². The number of benzene rings is 2. The predicted octanol–water partition coefficient (Wildman–Crippen LogP) is 4.33. The summed E-state index contributed by atoms with van der Waals surface area (Å²) in [5, 5.41) is 3.34. The molecule has 126 valence electrons. The van der Waals surface area contributed by atoms with E-state index in [2.05, 4.69) is 10.3 Å². The molecule has 1 aromatic heterocycles. The molecule has 2 heterocycles. The summed E-state index contributed by atoms with van der Waals surface area (Å²) in [5.74, 6) is 1.33. The molecule has 0 aliphatic carbocycles. The highest BCUT2D eigenvalue weighted by atomic mass is 35.5. The van der Waals surface area contributed by atoms with Crippen LogP contribution in [0.4, 0.5) is 5.69 Å². The van der Waals surface area contributed by atoms with E-state index < -0.39 is 0 Å². The molecule has 0 radical (unpaired) electrons. The van der Waals surface area contributed by atoms with Gasteiger partial charge in [0.15, 0.2) is 12.2 Å². The number of nitrogens with one attached hydrogen (secondary N) is 1. The van der Waals surface area contributed by atoms with E-state index in [0.29, 0.717) is 16.5 Å². The van der Waals surface area contributed by atoms with Crippen molar-refractivity contribution in [1.29, 1.82) is 0 Å². The Labute approximate surface area is 149 Å². The lowest BCUT2D eigenvalue weighted by Gasteiger charge is -2.11. The molecule has 4 rings (SSSR count). The van der Waals surface area contributed by atoms with Gasteiger partial charge in [-0.15, -0.1) is 0 Å². The normalized spacial score (nSPS) is 15.5. The molecule has 25 heavy (non-hydrogen) atoms. The maximum absolute atomic E-state index is 12.3. The van der Waals surface area contributed by atoms with Gasteiger partial charge < -0.3 is 14.5 Å². The molecule has 0 saturated carbocycles. The van der Waals surface area contributed by atoms with Crippen molar-refractivity contribution >= 4 is 23.2 Å². The van der Waals surface area contributed by atoms with Gasteiger partial charge in [-0.05, 0) is 29.8 Å². The van der Waals surface area contributed by atoms with Crippen molar-refractivity contribution in [1.82, 2.24) is 4.98 Å². The van der Waals surface area contributed by atoms with E-state index in [1.807, 2.05) is 24.3 Å². The van der Waals surface area contributed by atoms with Crippen molar-refractivity contribution in [2.45, 2.75) is 18.9 Å². The third-order valence-corrected chi connectivity index (χ3v) is 4.39. The van der Waals surface area contributed by atoms with Gasteiger partial charge >= 0.3 is 0 Å². The van der Waals surface area contributed by atoms with Crippen molar-refractivity contribution in [3.05, 3.63) is 65.6 Å². The van der Waals surface area contributed by atoms with Crippen molar-refractivity contribution in [3.63, 3.8) is 0 Å². The fraction of sp³-hybridized carbons (Fsp3) is 0.158. The Morgan fingerprint density at radius 2 is 2.16 bits per heavy atom. The van der Waals surface area contributed by atoms with Crippen LogP contribution in [0.15, 0.2) is 59.5 Å². The number of nitrogens with zero attached hydrogens (tertiary/aromatic N) is 1. The SMILES string of the molecule is O=C(CC1Cc2ccccc2O1)Nc1ccc(-c2cnco2)c(Cl)c1. The molecule has 1 amide bonds. The minimum atomic E-state index is -0.138. The molecule has 3 aromatic rings. The maximum Gasteiger partial charge on any atom is 0.228 e. The number of hydrogen-bond acceptors (Lipinski definition) is 4. The molecular weight excluding hydrogens is 340 g/mol. The van der Waals surface area contributed by atoms with Gasteiger partial charge in [0, 0.05) is 17.7 Å². The van der Waals surface area contributed by atoms with Crippen molar-refractivity contribution in [2.75, 3.05) is 5.32 Å². The molecular formula is C19H15ClN2O3. The molecule has 1 unspecified atom stereocenters. The highest BCUT2D eigenvalue weighted by Gasteiger charge is 2.24. The summed E-state index contributed by atoms with van der Waals surface area (Å²) in [7, 11) is 0. The molecule has 6 heteroatoms. The van der Waals surface area contributed by atoms with Gasteiger partial charge in [0.2, 0.25) is 5.91 Å². The van der Waals surface area contributed by atoms with Gasteiger partial charge in [0.25, 0.3) is 0 Å². The molecule has 0 fully saturated rings. The van der Waals surface area contributed by atoms with Crippen molar-refractivity contribution < 1.29 is 13.9 Å². The quantitative estimate of drug-likeness (QED) is 0.757. The average molecular weight is 355 g/mol. The molecule has 1 N–H and O–H groups in total. The van der Waals surface area contributed by atoms with Crippen LogP contribution in [0, 0.1) is 0 Å². The van der Waals surface area contributed by atoms with E-state index in [-0.39, 0.29) is 18.4 Å².